The number of hydrogen-bond donors (Lipinski definition) is 0. The van der Waals surface area contributed by atoms with Gasteiger partial charge in [-0.3, -0.25) is 0 Å². The Morgan fingerprint density at radius 3 is 2.62 bits per heavy atom. The molecule has 0 nitrogen and oxygen atoms in total. The predicted octanol–water partition coefficient (Wildman–Crippen LogP) is 3.69. The Kier molecular flexibility index (Phi) is 2.94. The molecule has 1 aromatic carbocycles. The highest BCUT2D eigenvalue weighted by atomic mass is 32.2. The van der Waals surface area contributed by atoms with Crippen molar-refractivity contribution in [1.82, 2.24) is 0 Å². The first-order valence-corrected chi connectivity index (χ1v) is 6.28. The minimum Gasteiger partial charge on any atom is -0.161 e. The van der Waals surface area contributed by atoms with E-state index < -0.39 is 0 Å². The highest BCUT2D eigenvalue weighted by Gasteiger charge is 2.27. The Balaban J connectivity index is 2.16. The van der Waals surface area contributed by atoms with E-state index in [0.717, 1.165) is 11.2 Å². The number of hydrogen-bond acceptors (Lipinski definition) is 1. The Morgan fingerprint density at radius 1 is 1.15 bits per heavy atom. The minimum absolute atomic E-state index is 0.816. The van der Waals surface area contributed by atoms with Gasteiger partial charge in [-0.2, -0.15) is 11.8 Å². The van der Waals surface area contributed by atoms with Crippen molar-refractivity contribution in [3.63, 3.8) is 0 Å². The fraction of sp³-hybridized carbons (Fsp3) is 0.500. The summed E-state index contributed by atoms with van der Waals surface area (Å²) in [5.74, 6) is 0.816. The molecule has 1 heteroatoms. The average Bonchev–Trinajstić information content (AvgIpc) is 2.67. The van der Waals surface area contributed by atoms with E-state index in [9.17, 15) is 0 Å². The standard InChI is InChI=1S/C12H16S/c1-13-12-9-5-8-11(12)10-6-3-2-4-7-10/h2-4,6-7,11-12H,5,8-9H2,1H3/t11-,12+/m1/s1. The molecule has 1 aromatic rings. The highest BCUT2D eigenvalue weighted by molar-refractivity contribution is 7.99. The summed E-state index contributed by atoms with van der Waals surface area (Å²) < 4.78 is 0. The van der Waals surface area contributed by atoms with Crippen molar-refractivity contribution < 1.29 is 0 Å². The van der Waals surface area contributed by atoms with Gasteiger partial charge < -0.3 is 0 Å². The van der Waals surface area contributed by atoms with Gasteiger partial charge in [0.1, 0.15) is 0 Å². The minimum atomic E-state index is 0.816. The lowest BCUT2D eigenvalue weighted by atomic mass is 9.98. The Morgan fingerprint density at radius 2 is 1.92 bits per heavy atom. The first-order chi connectivity index (χ1) is 6.42. The van der Waals surface area contributed by atoms with E-state index in [1.165, 1.54) is 19.3 Å². The summed E-state index contributed by atoms with van der Waals surface area (Å²) in [5.41, 5.74) is 1.54. The van der Waals surface area contributed by atoms with Gasteiger partial charge in [0.2, 0.25) is 0 Å². The van der Waals surface area contributed by atoms with Crippen LogP contribution in [-0.2, 0) is 0 Å². The fourth-order valence-electron chi connectivity index (χ4n) is 2.29. The van der Waals surface area contributed by atoms with Crippen molar-refractivity contribution >= 4 is 11.8 Å². The van der Waals surface area contributed by atoms with Gasteiger partial charge in [-0.1, -0.05) is 36.8 Å². The van der Waals surface area contributed by atoms with Crippen molar-refractivity contribution in [3.05, 3.63) is 35.9 Å². The van der Waals surface area contributed by atoms with Gasteiger partial charge in [0, 0.05) is 5.25 Å². The van der Waals surface area contributed by atoms with Crippen LogP contribution < -0.4 is 0 Å². The third kappa shape index (κ3) is 1.91. The van der Waals surface area contributed by atoms with Gasteiger partial charge in [0.05, 0.1) is 0 Å². The molecule has 0 aliphatic heterocycles. The second-order valence-corrected chi connectivity index (χ2v) is 4.80. The molecule has 2 rings (SSSR count). The molecule has 0 heterocycles. The van der Waals surface area contributed by atoms with Crippen molar-refractivity contribution in [3.8, 4) is 0 Å². The third-order valence-electron chi connectivity index (χ3n) is 2.98. The molecule has 0 spiro atoms. The normalized spacial score (nSPS) is 27.8. The summed E-state index contributed by atoms with van der Waals surface area (Å²) in [6, 6.07) is 11.0. The first kappa shape index (κ1) is 9.14. The van der Waals surface area contributed by atoms with E-state index in [-0.39, 0.29) is 0 Å². The fourth-order valence-corrected chi connectivity index (χ4v) is 3.31. The summed E-state index contributed by atoms with van der Waals surface area (Å²) in [6.07, 6.45) is 6.44. The molecular formula is C12H16S. The summed E-state index contributed by atoms with van der Waals surface area (Å²) in [5, 5.41) is 0.863. The smallest absolute Gasteiger partial charge is 0.0113 e. The van der Waals surface area contributed by atoms with Gasteiger partial charge in [0.15, 0.2) is 0 Å². The molecule has 0 bridgehead atoms. The second kappa shape index (κ2) is 4.19. The van der Waals surface area contributed by atoms with E-state index >= 15 is 0 Å². The second-order valence-electron chi connectivity index (χ2n) is 3.72. The monoisotopic (exact) mass is 192 g/mol. The molecule has 1 fully saturated rings. The Hall–Kier alpha value is -0.430. The number of rotatable bonds is 2. The van der Waals surface area contributed by atoms with Gasteiger partial charge in [-0.05, 0) is 30.6 Å². The van der Waals surface area contributed by atoms with Gasteiger partial charge >= 0.3 is 0 Å². The number of benzene rings is 1. The van der Waals surface area contributed by atoms with Crippen LogP contribution in [0.25, 0.3) is 0 Å². The quantitative estimate of drug-likeness (QED) is 0.688. The van der Waals surface area contributed by atoms with Crippen LogP contribution in [0.1, 0.15) is 30.7 Å². The van der Waals surface area contributed by atoms with E-state index in [4.69, 9.17) is 0 Å². The molecule has 0 N–H and O–H groups in total. The third-order valence-corrected chi connectivity index (χ3v) is 4.15. The van der Waals surface area contributed by atoms with Crippen LogP contribution in [0.2, 0.25) is 0 Å². The molecule has 0 amide bonds. The molecule has 0 aromatic heterocycles. The largest absolute Gasteiger partial charge is 0.161 e. The SMILES string of the molecule is CS[C@H]1CCC[C@@H]1c1ccccc1. The molecule has 1 saturated carbocycles. The number of thioether (sulfide) groups is 1. The lowest BCUT2D eigenvalue weighted by molar-refractivity contribution is 0.737. The molecule has 0 radical (unpaired) electrons. The highest BCUT2D eigenvalue weighted by Crippen LogP contribution is 2.40. The zero-order chi connectivity index (χ0) is 9.10. The molecule has 13 heavy (non-hydrogen) atoms. The van der Waals surface area contributed by atoms with Gasteiger partial charge in [0.25, 0.3) is 0 Å². The van der Waals surface area contributed by atoms with Crippen molar-refractivity contribution in [1.29, 1.82) is 0 Å². The lowest BCUT2D eigenvalue weighted by Gasteiger charge is -2.17. The van der Waals surface area contributed by atoms with Gasteiger partial charge in [-0.25, -0.2) is 0 Å². The van der Waals surface area contributed by atoms with E-state index in [0.29, 0.717) is 0 Å². The molecule has 0 saturated heterocycles. The summed E-state index contributed by atoms with van der Waals surface area (Å²) in [7, 11) is 0. The topological polar surface area (TPSA) is 0 Å². The molecule has 1 aliphatic rings. The Labute approximate surface area is 84.7 Å². The lowest BCUT2D eigenvalue weighted by Crippen LogP contribution is -2.07. The van der Waals surface area contributed by atoms with E-state index in [1.807, 2.05) is 11.8 Å². The van der Waals surface area contributed by atoms with Crippen LogP contribution in [0.4, 0.5) is 0 Å². The summed E-state index contributed by atoms with van der Waals surface area (Å²) in [6.45, 7) is 0. The van der Waals surface area contributed by atoms with Gasteiger partial charge in [-0.15, -0.1) is 0 Å². The zero-order valence-corrected chi connectivity index (χ0v) is 8.89. The first-order valence-electron chi connectivity index (χ1n) is 4.99. The predicted molar refractivity (Wildman–Crippen MR) is 60.3 cm³/mol. The zero-order valence-electron chi connectivity index (χ0n) is 8.07. The molecular weight excluding hydrogens is 176 g/mol. The van der Waals surface area contributed by atoms with Crippen LogP contribution in [0, 0.1) is 0 Å². The van der Waals surface area contributed by atoms with Crippen LogP contribution in [0.5, 0.6) is 0 Å². The maximum absolute atomic E-state index is 2.28. The average molecular weight is 192 g/mol. The molecule has 1 aliphatic carbocycles. The summed E-state index contributed by atoms with van der Waals surface area (Å²) >= 11 is 2.04. The Bertz CT molecular complexity index is 255. The van der Waals surface area contributed by atoms with Crippen LogP contribution in [-0.4, -0.2) is 11.5 Å². The van der Waals surface area contributed by atoms with Crippen molar-refractivity contribution in [2.75, 3.05) is 6.26 Å². The molecule has 0 unspecified atom stereocenters. The van der Waals surface area contributed by atoms with Crippen LogP contribution >= 0.6 is 11.8 Å². The van der Waals surface area contributed by atoms with Crippen molar-refractivity contribution in [2.45, 2.75) is 30.4 Å². The van der Waals surface area contributed by atoms with Crippen molar-refractivity contribution in [2.24, 2.45) is 0 Å². The van der Waals surface area contributed by atoms with E-state index in [2.05, 4.69) is 36.6 Å². The molecule has 70 valence electrons. The maximum Gasteiger partial charge on any atom is 0.0113 e. The maximum atomic E-state index is 2.28. The van der Waals surface area contributed by atoms with Crippen LogP contribution in [0.3, 0.4) is 0 Å². The summed E-state index contributed by atoms with van der Waals surface area (Å²) in [4.78, 5) is 0. The van der Waals surface area contributed by atoms with Crippen LogP contribution in [0.15, 0.2) is 30.3 Å². The molecule has 2 atom stereocenters. The van der Waals surface area contributed by atoms with E-state index in [1.54, 1.807) is 5.56 Å².